The minimum Gasteiger partial charge on any atom is -0.399 e. The molecular formula is C23H30F6N6O5S3. The van der Waals surface area contributed by atoms with Crippen LogP contribution in [-0.4, -0.2) is 103 Å². The van der Waals surface area contributed by atoms with E-state index in [-0.39, 0.29) is 72.9 Å². The molecule has 1 fully saturated rings. The molecule has 3 rings (SSSR count). The predicted molar refractivity (Wildman–Crippen MR) is 148 cm³/mol. The number of rotatable bonds is 9. The summed E-state index contributed by atoms with van der Waals surface area (Å²) in [7, 11) is -8.10. The molecule has 1 aliphatic carbocycles. The standard InChI is InChI=1S/C23H30F6N6O5S3/c1-14(2)11-34(42(3,37)38)13-17-12-33(43(39,40)19-8-16(30)4-5-18(19)41)6-7-35(17)20-31-9-15(10-32-20)21(36,22(24,25)26)23(27,28)29/h4,8-10,14,17,36H,5-7,11-13,30H2,1-3H3/t17-/m1/s1. The van der Waals surface area contributed by atoms with E-state index in [1.807, 2.05) is 0 Å². The Hall–Kier alpha value is -2.39. The molecule has 1 atom stereocenters. The summed E-state index contributed by atoms with van der Waals surface area (Å²) in [5, 5.41) is 9.67. The van der Waals surface area contributed by atoms with Gasteiger partial charge in [0.05, 0.1) is 17.2 Å². The largest absolute Gasteiger partial charge is 0.430 e. The fraction of sp³-hybridized carbons (Fsp3) is 0.609. The molecule has 0 bridgehead atoms. The van der Waals surface area contributed by atoms with Crippen molar-refractivity contribution in [3.63, 3.8) is 0 Å². The summed E-state index contributed by atoms with van der Waals surface area (Å²) in [6.07, 6.45) is -8.17. The second-order valence-corrected chi connectivity index (χ2v) is 14.9. The number of sulfonamides is 2. The molecular weight excluding hydrogens is 650 g/mol. The Balaban J connectivity index is 2.04. The van der Waals surface area contributed by atoms with Crippen LogP contribution in [0.15, 0.2) is 35.1 Å². The number of hydrogen-bond donors (Lipinski definition) is 2. The third kappa shape index (κ3) is 7.30. The SMILES string of the molecule is CC(C)CN(C[C@H]1CN(S(=O)(=O)C2=CC(N)=CCC2=S)CCN1c1ncc(C(O)(C(F)(F)F)C(F)(F)F)cn1)S(C)(=O)=O. The van der Waals surface area contributed by atoms with Crippen LogP contribution in [0.2, 0.25) is 0 Å². The normalized spacial score (nSPS) is 20.0. The number of allylic oxidation sites excluding steroid dienone is 3. The maximum atomic E-state index is 13.6. The van der Waals surface area contributed by atoms with Crippen molar-refractivity contribution in [3.8, 4) is 0 Å². The molecule has 0 amide bonds. The number of thiocarbonyl (C=S) groups is 1. The number of anilines is 1. The first-order chi connectivity index (χ1) is 19.5. The van der Waals surface area contributed by atoms with E-state index in [4.69, 9.17) is 18.0 Å². The maximum absolute atomic E-state index is 13.6. The van der Waals surface area contributed by atoms with Crippen LogP contribution in [0.3, 0.4) is 0 Å². The first kappa shape index (κ1) is 35.1. The van der Waals surface area contributed by atoms with Crippen molar-refractivity contribution >= 4 is 43.1 Å². The molecule has 1 aromatic rings. The highest BCUT2D eigenvalue weighted by Crippen LogP contribution is 2.49. The first-order valence-corrected chi connectivity index (χ1v) is 16.3. The van der Waals surface area contributed by atoms with Crippen molar-refractivity contribution in [3.05, 3.63) is 40.7 Å². The molecule has 3 N–H and O–H groups in total. The highest BCUT2D eigenvalue weighted by molar-refractivity contribution is 7.96. The van der Waals surface area contributed by atoms with Crippen molar-refractivity contribution in [1.82, 2.24) is 18.6 Å². The van der Waals surface area contributed by atoms with Gasteiger partial charge >= 0.3 is 12.4 Å². The zero-order valence-corrected chi connectivity index (χ0v) is 25.5. The highest BCUT2D eigenvalue weighted by Gasteiger charge is 2.71. The zero-order chi connectivity index (χ0) is 32.8. The molecule has 0 unspecified atom stereocenters. The quantitative estimate of drug-likeness (QED) is 0.293. The molecule has 0 saturated carbocycles. The van der Waals surface area contributed by atoms with E-state index in [1.165, 1.54) is 17.1 Å². The van der Waals surface area contributed by atoms with Crippen molar-refractivity contribution in [2.45, 2.75) is 44.3 Å². The number of aliphatic hydroxyl groups is 1. The van der Waals surface area contributed by atoms with Crippen LogP contribution in [-0.2, 0) is 25.6 Å². The number of hydrogen-bond acceptors (Lipinski definition) is 10. The number of nitrogens with zero attached hydrogens (tertiary/aromatic N) is 5. The maximum Gasteiger partial charge on any atom is 0.430 e. The average Bonchev–Trinajstić information content (AvgIpc) is 2.87. The van der Waals surface area contributed by atoms with Crippen LogP contribution in [0.4, 0.5) is 32.3 Å². The summed E-state index contributed by atoms with van der Waals surface area (Å²) in [6, 6.07) is -1.04. The molecule has 0 aromatic carbocycles. The van der Waals surface area contributed by atoms with Crippen LogP contribution < -0.4 is 10.6 Å². The van der Waals surface area contributed by atoms with E-state index in [1.54, 1.807) is 13.8 Å². The average molecular weight is 681 g/mol. The fourth-order valence-electron chi connectivity index (χ4n) is 4.56. The van der Waals surface area contributed by atoms with E-state index in [9.17, 15) is 48.3 Å². The van der Waals surface area contributed by atoms with Gasteiger partial charge in [0.15, 0.2) is 0 Å². The Labute approximate surface area is 250 Å². The molecule has 1 aromatic heterocycles. The predicted octanol–water partition coefficient (Wildman–Crippen LogP) is 2.03. The number of piperazine rings is 1. The van der Waals surface area contributed by atoms with Crippen molar-refractivity contribution in [2.75, 3.05) is 43.9 Å². The van der Waals surface area contributed by atoms with E-state index in [0.29, 0.717) is 0 Å². The fourth-order valence-corrected chi connectivity index (χ4v) is 7.65. The molecule has 43 heavy (non-hydrogen) atoms. The minimum atomic E-state index is -6.15. The summed E-state index contributed by atoms with van der Waals surface area (Å²) < 4.78 is 134. The topological polar surface area (TPSA) is 150 Å². The van der Waals surface area contributed by atoms with Crippen molar-refractivity contribution in [2.24, 2.45) is 11.7 Å². The van der Waals surface area contributed by atoms with Crippen molar-refractivity contribution < 1.29 is 48.3 Å². The van der Waals surface area contributed by atoms with Gasteiger partial charge in [-0.1, -0.05) is 32.1 Å². The second-order valence-electron chi connectivity index (χ2n) is 10.5. The lowest BCUT2D eigenvalue weighted by Gasteiger charge is -2.43. The second kappa shape index (κ2) is 12.2. The van der Waals surface area contributed by atoms with E-state index in [2.05, 4.69) is 9.97 Å². The third-order valence-electron chi connectivity index (χ3n) is 6.74. The Morgan fingerprint density at radius 3 is 2.14 bits per heavy atom. The Morgan fingerprint density at radius 2 is 1.65 bits per heavy atom. The van der Waals surface area contributed by atoms with Gasteiger partial charge in [-0.15, -0.1) is 0 Å². The van der Waals surface area contributed by atoms with Gasteiger partial charge in [-0.25, -0.2) is 26.8 Å². The van der Waals surface area contributed by atoms with Gasteiger partial charge in [-0.2, -0.15) is 35.0 Å². The van der Waals surface area contributed by atoms with E-state index >= 15 is 0 Å². The molecule has 1 aliphatic heterocycles. The highest BCUT2D eigenvalue weighted by atomic mass is 32.2. The van der Waals surface area contributed by atoms with Gasteiger partial charge in [-0.05, 0) is 12.0 Å². The minimum absolute atomic E-state index is 0.0243. The summed E-state index contributed by atoms with van der Waals surface area (Å²) >= 11 is 5.21. The Kier molecular flexibility index (Phi) is 9.95. The number of nitrogens with two attached hydrogens (primary N) is 1. The van der Waals surface area contributed by atoms with Gasteiger partial charge < -0.3 is 15.7 Å². The summed E-state index contributed by atoms with van der Waals surface area (Å²) in [5.41, 5.74) is -0.982. The molecule has 1 saturated heterocycles. The summed E-state index contributed by atoms with van der Waals surface area (Å²) in [4.78, 5) is 8.46. The van der Waals surface area contributed by atoms with Crippen LogP contribution in [0.1, 0.15) is 25.8 Å². The summed E-state index contributed by atoms with van der Waals surface area (Å²) in [6.45, 7) is 2.35. The van der Waals surface area contributed by atoms with Crippen molar-refractivity contribution in [1.29, 1.82) is 0 Å². The van der Waals surface area contributed by atoms with Crippen LogP contribution >= 0.6 is 12.2 Å². The Morgan fingerprint density at radius 1 is 1.09 bits per heavy atom. The van der Waals surface area contributed by atoms with Crippen LogP contribution in [0.5, 0.6) is 0 Å². The number of aromatic nitrogens is 2. The molecule has 0 spiro atoms. The van der Waals surface area contributed by atoms with Gasteiger partial charge in [0, 0.05) is 67.7 Å². The lowest BCUT2D eigenvalue weighted by atomic mass is 9.95. The first-order valence-electron chi connectivity index (χ1n) is 12.6. The summed E-state index contributed by atoms with van der Waals surface area (Å²) in [5.74, 6) is -0.570. The zero-order valence-electron chi connectivity index (χ0n) is 23.1. The monoisotopic (exact) mass is 680 g/mol. The van der Waals surface area contributed by atoms with E-state index < -0.39 is 55.6 Å². The molecule has 11 nitrogen and oxygen atoms in total. The van der Waals surface area contributed by atoms with Gasteiger partial charge in [0.1, 0.15) is 0 Å². The number of alkyl halides is 6. The van der Waals surface area contributed by atoms with Gasteiger partial charge in [0.2, 0.25) is 26.0 Å². The molecule has 2 aliphatic rings. The molecule has 0 radical (unpaired) electrons. The lowest BCUT2D eigenvalue weighted by Crippen LogP contribution is -2.59. The van der Waals surface area contributed by atoms with Crippen LogP contribution in [0.25, 0.3) is 0 Å². The lowest BCUT2D eigenvalue weighted by molar-refractivity contribution is -0.376. The molecule has 2 heterocycles. The molecule has 242 valence electrons. The van der Waals surface area contributed by atoms with Gasteiger partial charge in [0.25, 0.3) is 5.60 Å². The molecule has 20 heteroatoms. The number of halogens is 6. The smallest absolute Gasteiger partial charge is 0.399 e. The third-order valence-corrected chi connectivity index (χ3v) is 10.4. The van der Waals surface area contributed by atoms with Gasteiger partial charge in [-0.3, -0.25) is 0 Å². The van der Waals surface area contributed by atoms with E-state index in [0.717, 1.165) is 14.9 Å². The van der Waals surface area contributed by atoms with Crippen LogP contribution in [0, 0.1) is 5.92 Å². The Bertz CT molecular complexity index is 1480.